The highest BCUT2D eigenvalue weighted by Crippen LogP contribution is 2.28. The van der Waals surface area contributed by atoms with Crippen LogP contribution in [-0.4, -0.2) is 37.2 Å². The van der Waals surface area contributed by atoms with Gasteiger partial charge in [0.05, 0.1) is 17.6 Å². The van der Waals surface area contributed by atoms with Crippen LogP contribution in [0.4, 0.5) is 5.69 Å². The van der Waals surface area contributed by atoms with Crippen molar-refractivity contribution in [3.05, 3.63) is 99.5 Å². The van der Waals surface area contributed by atoms with Gasteiger partial charge in [0.15, 0.2) is 5.78 Å². The molecule has 0 saturated heterocycles. The van der Waals surface area contributed by atoms with E-state index in [9.17, 15) is 14.4 Å². The molecule has 0 aliphatic heterocycles. The van der Waals surface area contributed by atoms with Crippen molar-refractivity contribution in [1.29, 1.82) is 0 Å². The predicted octanol–water partition coefficient (Wildman–Crippen LogP) is 3.87. The molecule has 0 spiro atoms. The molecule has 3 aromatic rings. The number of nitrogens with two attached hydrogens (primary N) is 1. The molecule has 0 radical (unpaired) electrons. The number of halogens is 2. The van der Waals surface area contributed by atoms with Crippen molar-refractivity contribution in [3.63, 3.8) is 0 Å². The zero-order chi connectivity index (χ0) is 24.0. The Hall–Kier alpha value is -3.19. The van der Waals surface area contributed by atoms with E-state index in [1.807, 2.05) is 30.3 Å². The molecule has 0 saturated carbocycles. The first kappa shape index (κ1) is 24.5. The lowest BCUT2D eigenvalue weighted by Gasteiger charge is -2.22. The molecule has 2 amide bonds. The number of nitrogens with one attached hydrogen (secondary N) is 1. The summed E-state index contributed by atoms with van der Waals surface area (Å²) in [5.41, 5.74) is 7.93. The molecule has 0 aromatic heterocycles. The van der Waals surface area contributed by atoms with Crippen molar-refractivity contribution in [1.82, 2.24) is 5.32 Å². The van der Waals surface area contributed by atoms with Crippen LogP contribution in [0.1, 0.15) is 21.5 Å². The fraction of sp³-hybridized carbons (Fsp3) is 0.160. The van der Waals surface area contributed by atoms with Crippen LogP contribution >= 0.6 is 23.2 Å². The summed E-state index contributed by atoms with van der Waals surface area (Å²) in [4.78, 5) is 39.6. The van der Waals surface area contributed by atoms with Crippen LogP contribution in [-0.2, 0) is 16.0 Å². The molecule has 33 heavy (non-hydrogen) atoms. The number of carbonyl (C=O) groups excluding carboxylic acids is 3. The highest BCUT2D eigenvalue weighted by atomic mass is 35.5. The van der Waals surface area contributed by atoms with Gasteiger partial charge in [0.1, 0.15) is 0 Å². The van der Waals surface area contributed by atoms with Crippen LogP contribution in [0.3, 0.4) is 0 Å². The number of imide groups is 1. The van der Waals surface area contributed by atoms with Gasteiger partial charge >= 0.3 is 0 Å². The number of hydrogen-bond acceptors (Lipinski definition) is 5. The summed E-state index contributed by atoms with van der Waals surface area (Å²) < 4.78 is 0. The Kier molecular flexibility index (Phi) is 8.22. The van der Waals surface area contributed by atoms with Gasteiger partial charge in [-0.15, -0.1) is 0 Å². The lowest BCUT2D eigenvalue weighted by Crippen LogP contribution is -2.47. The van der Waals surface area contributed by atoms with Crippen LogP contribution in [0, 0.1) is 0 Å². The first-order valence-electron chi connectivity index (χ1n) is 10.2. The van der Waals surface area contributed by atoms with Gasteiger partial charge in [-0.1, -0.05) is 65.7 Å². The molecule has 6 nitrogen and oxygen atoms in total. The molecule has 0 heterocycles. The Morgan fingerprint density at radius 1 is 0.939 bits per heavy atom. The maximum Gasteiger partial charge on any atom is 0.246 e. The number of nitrogens with zero attached hydrogens (tertiary/aromatic N) is 1. The van der Waals surface area contributed by atoms with E-state index in [-0.39, 0.29) is 17.9 Å². The Morgan fingerprint density at radius 2 is 1.61 bits per heavy atom. The van der Waals surface area contributed by atoms with Gasteiger partial charge < -0.3 is 10.6 Å². The molecule has 0 unspecified atom stereocenters. The molecule has 3 rings (SSSR count). The monoisotopic (exact) mass is 483 g/mol. The summed E-state index contributed by atoms with van der Waals surface area (Å²) in [6.45, 7) is -0.172. The molecular formula is C25H23Cl2N3O3. The van der Waals surface area contributed by atoms with E-state index < -0.39 is 17.9 Å². The van der Waals surface area contributed by atoms with Gasteiger partial charge in [-0.25, -0.2) is 0 Å². The van der Waals surface area contributed by atoms with E-state index in [4.69, 9.17) is 28.9 Å². The smallest absolute Gasteiger partial charge is 0.246 e. The molecule has 170 valence electrons. The number of carbonyl (C=O) groups is 3. The summed E-state index contributed by atoms with van der Waals surface area (Å²) in [5.74, 6) is -1.44. The van der Waals surface area contributed by atoms with E-state index >= 15 is 0 Å². The van der Waals surface area contributed by atoms with Gasteiger partial charge in [0, 0.05) is 28.9 Å². The second-order valence-electron chi connectivity index (χ2n) is 7.54. The quantitative estimate of drug-likeness (QED) is 0.474. The van der Waals surface area contributed by atoms with E-state index in [1.54, 1.807) is 48.3 Å². The normalized spacial score (nSPS) is 11.5. The van der Waals surface area contributed by atoms with Crippen molar-refractivity contribution in [2.24, 2.45) is 5.73 Å². The minimum absolute atomic E-state index is 0.172. The lowest BCUT2D eigenvalue weighted by atomic mass is 10.0. The number of amides is 2. The highest BCUT2D eigenvalue weighted by Gasteiger charge is 2.22. The van der Waals surface area contributed by atoms with Gasteiger partial charge in [0.2, 0.25) is 11.8 Å². The van der Waals surface area contributed by atoms with Crippen molar-refractivity contribution in [2.45, 2.75) is 12.5 Å². The average molecular weight is 484 g/mol. The van der Waals surface area contributed by atoms with Crippen LogP contribution in [0.2, 0.25) is 10.0 Å². The average Bonchev–Trinajstić information content (AvgIpc) is 2.79. The second-order valence-corrected chi connectivity index (χ2v) is 8.38. The van der Waals surface area contributed by atoms with Crippen molar-refractivity contribution < 1.29 is 14.4 Å². The lowest BCUT2D eigenvalue weighted by molar-refractivity contribution is -0.130. The minimum Gasteiger partial charge on any atom is -0.365 e. The summed E-state index contributed by atoms with van der Waals surface area (Å²) in [6.07, 6.45) is 0.309. The number of rotatable bonds is 8. The Balaban J connectivity index is 1.70. The number of benzene rings is 3. The third kappa shape index (κ3) is 6.42. The van der Waals surface area contributed by atoms with Crippen LogP contribution in [0.25, 0.3) is 0 Å². The third-order valence-corrected chi connectivity index (χ3v) is 5.58. The fourth-order valence-corrected chi connectivity index (χ4v) is 3.74. The Morgan fingerprint density at radius 3 is 2.30 bits per heavy atom. The Labute approximate surface area is 202 Å². The number of anilines is 1. The number of likely N-dealkylation sites (N-methyl/N-ethyl adjacent to an activating group) is 1. The van der Waals surface area contributed by atoms with E-state index in [0.717, 1.165) is 5.56 Å². The van der Waals surface area contributed by atoms with Crippen molar-refractivity contribution in [3.8, 4) is 0 Å². The SMILES string of the molecule is CN(CC(=O)NC(=O)[C@H](N)Cc1ccccc1)c1ccc(Cl)cc1C(=O)c1ccccc1Cl. The van der Waals surface area contributed by atoms with Gasteiger partial charge in [-0.3, -0.25) is 19.7 Å². The van der Waals surface area contributed by atoms with Crippen LogP contribution in [0.5, 0.6) is 0 Å². The molecule has 3 aromatic carbocycles. The first-order valence-corrected chi connectivity index (χ1v) is 10.9. The molecule has 0 fully saturated rings. The maximum atomic E-state index is 13.1. The van der Waals surface area contributed by atoms with Crippen LogP contribution < -0.4 is 16.0 Å². The fourth-order valence-electron chi connectivity index (χ4n) is 3.34. The molecule has 1 atom stereocenters. The Bertz CT molecular complexity index is 1170. The topological polar surface area (TPSA) is 92.5 Å². The summed E-state index contributed by atoms with van der Waals surface area (Å²) in [5, 5.41) is 3.01. The minimum atomic E-state index is -0.866. The maximum absolute atomic E-state index is 13.1. The second kappa shape index (κ2) is 11.1. The molecular weight excluding hydrogens is 461 g/mol. The predicted molar refractivity (Wildman–Crippen MR) is 131 cm³/mol. The molecule has 3 N–H and O–H groups in total. The molecule has 0 bridgehead atoms. The zero-order valence-electron chi connectivity index (χ0n) is 17.9. The van der Waals surface area contributed by atoms with Crippen molar-refractivity contribution in [2.75, 3.05) is 18.5 Å². The number of hydrogen-bond donors (Lipinski definition) is 2. The number of ketones is 1. The molecule has 0 aliphatic carbocycles. The van der Waals surface area contributed by atoms with Crippen molar-refractivity contribution >= 4 is 46.5 Å². The summed E-state index contributed by atoms with van der Waals surface area (Å²) >= 11 is 12.3. The third-order valence-electron chi connectivity index (χ3n) is 5.01. The summed E-state index contributed by atoms with van der Waals surface area (Å²) in [7, 11) is 1.64. The molecule has 8 heteroatoms. The summed E-state index contributed by atoms with van der Waals surface area (Å²) in [6, 6.07) is 19.9. The van der Waals surface area contributed by atoms with Gasteiger partial charge in [-0.05, 0) is 42.3 Å². The standard InChI is InChI=1S/C25H23Cl2N3O3/c1-30(15-23(31)29-25(33)21(28)13-16-7-3-2-4-8-16)22-12-11-17(26)14-19(22)24(32)18-9-5-6-10-20(18)27/h2-12,14,21H,13,15,28H2,1H3,(H,29,31,33)/t21-/m1/s1. The zero-order valence-corrected chi connectivity index (χ0v) is 19.4. The first-order chi connectivity index (χ1) is 15.8. The highest BCUT2D eigenvalue weighted by molar-refractivity contribution is 6.35. The van der Waals surface area contributed by atoms with E-state index in [2.05, 4.69) is 5.32 Å². The molecule has 0 aliphatic rings. The van der Waals surface area contributed by atoms with Crippen LogP contribution in [0.15, 0.2) is 72.8 Å². The van der Waals surface area contributed by atoms with E-state index in [0.29, 0.717) is 27.7 Å². The largest absolute Gasteiger partial charge is 0.365 e. The van der Waals surface area contributed by atoms with E-state index in [1.165, 1.54) is 6.07 Å². The van der Waals surface area contributed by atoms with Gasteiger partial charge in [-0.2, -0.15) is 0 Å². The van der Waals surface area contributed by atoms with Gasteiger partial charge in [0.25, 0.3) is 0 Å².